The molecular weight excluding hydrogens is 361 g/mol. The molecule has 0 unspecified atom stereocenters. The Morgan fingerprint density at radius 2 is 1.92 bits per heavy atom. The van der Waals surface area contributed by atoms with E-state index in [0.29, 0.717) is 39.2 Å². The molecule has 0 atom stereocenters. The molecule has 0 aliphatic heterocycles. The maximum absolute atomic E-state index is 11.1. The molecule has 0 radical (unpaired) electrons. The lowest BCUT2D eigenvalue weighted by Gasteiger charge is -2.11. The SMILES string of the molecule is N#Cc1ccc(Cl)cc1Oc1cc(Cc2ccc(=O)[nH]n2)ccc1Cl. The third kappa shape index (κ3) is 4.18. The zero-order valence-electron chi connectivity index (χ0n) is 12.8. The van der Waals surface area contributed by atoms with Crippen molar-refractivity contribution in [3.63, 3.8) is 0 Å². The van der Waals surface area contributed by atoms with Gasteiger partial charge in [0.15, 0.2) is 0 Å². The minimum absolute atomic E-state index is 0.256. The van der Waals surface area contributed by atoms with Crippen LogP contribution in [0.2, 0.25) is 10.0 Å². The molecular formula is C18H11Cl2N3O2. The first-order chi connectivity index (χ1) is 12.0. The van der Waals surface area contributed by atoms with Crippen molar-refractivity contribution in [2.45, 2.75) is 6.42 Å². The smallest absolute Gasteiger partial charge is 0.264 e. The highest BCUT2D eigenvalue weighted by atomic mass is 35.5. The lowest BCUT2D eigenvalue weighted by molar-refractivity contribution is 0.481. The summed E-state index contributed by atoms with van der Waals surface area (Å²) in [5.74, 6) is 0.735. The van der Waals surface area contributed by atoms with Crippen molar-refractivity contribution >= 4 is 23.2 Å². The van der Waals surface area contributed by atoms with Crippen LogP contribution in [-0.2, 0) is 6.42 Å². The van der Waals surface area contributed by atoms with Crippen molar-refractivity contribution in [1.82, 2.24) is 10.2 Å². The molecule has 0 aliphatic carbocycles. The average molecular weight is 372 g/mol. The molecule has 0 bridgehead atoms. The lowest BCUT2D eigenvalue weighted by Crippen LogP contribution is -2.07. The van der Waals surface area contributed by atoms with E-state index in [1.807, 2.05) is 6.07 Å². The summed E-state index contributed by atoms with van der Waals surface area (Å²) in [4.78, 5) is 11.1. The largest absolute Gasteiger partial charge is 0.454 e. The van der Waals surface area contributed by atoms with E-state index in [4.69, 9.17) is 27.9 Å². The van der Waals surface area contributed by atoms with Crippen LogP contribution < -0.4 is 10.3 Å². The van der Waals surface area contributed by atoms with Gasteiger partial charge in [-0.3, -0.25) is 4.79 Å². The second kappa shape index (κ2) is 7.39. The lowest BCUT2D eigenvalue weighted by atomic mass is 10.1. The molecule has 1 N–H and O–H groups in total. The molecule has 2 aromatic carbocycles. The Bertz CT molecular complexity index is 1010. The van der Waals surface area contributed by atoms with Crippen molar-refractivity contribution in [2.24, 2.45) is 0 Å². The fourth-order valence-corrected chi connectivity index (χ4v) is 2.53. The fourth-order valence-electron chi connectivity index (χ4n) is 2.21. The highest BCUT2D eigenvalue weighted by Gasteiger charge is 2.10. The number of halogens is 2. The van der Waals surface area contributed by atoms with Gasteiger partial charge < -0.3 is 4.74 Å². The first-order valence-electron chi connectivity index (χ1n) is 7.26. The number of nitriles is 1. The Kier molecular flexibility index (Phi) is 5.03. The van der Waals surface area contributed by atoms with Crippen LogP contribution in [-0.4, -0.2) is 10.2 Å². The van der Waals surface area contributed by atoms with Gasteiger partial charge in [-0.05, 0) is 35.9 Å². The number of hydrogen-bond acceptors (Lipinski definition) is 4. The Balaban J connectivity index is 1.90. The second-order valence-electron chi connectivity index (χ2n) is 5.21. The van der Waals surface area contributed by atoms with Gasteiger partial charge in [0.1, 0.15) is 17.6 Å². The van der Waals surface area contributed by atoms with Crippen molar-refractivity contribution < 1.29 is 4.74 Å². The number of nitrogens with one attached hydrogen (secondary N) is 1. The van der Waals surface area contributed by atoms with Crippen LogP contribution in [0.15, 0.2) is 53.3 Å². The summed E-state index contributed by atoms with van der Waals surface area (Å²) in [7, 11) is 0. The zero-order valence-corrected chi connectivity index (χ0v) is 14.3. The summed E-state index contributed by atoms with van der Waals surface area (Å²) in [6.45, 7) is 0. The summed E-state index contributed by atoms with van der Waals surface area (Å²) < 4.78 is 5.79. The quantitative estimate of drug-likeness (QED) is 0.739. The molecule has 7 heteroatoms. The van der Waals surface area contributed by atoms with Gasteiger partial charge >= 0.3 is 0 Å². The molecule has 1 aromatic heterocycles. The van der Waals surface area contributed by atoms with E-state index in [9.17, 15) is 10.1 Å². The van der Waals surface area contributed by atoms with Gasteiger partial charge in [-0.1, -0.05) is 29.3 Å². The van der Waals surface area contributed by atoms with Gasteiger partial charge in [-0.25, -0.2) is 5.10 Å². The van der Waals surface area contributed by atoms with Gasteiger partial charge in [-0.2, -0.15) is 10.4 Å². The third-order valence-electron chi connectivity index (χ3n) is 3.40. The minimum atomic E-state index is -0.256. The fraction of sp³-hybridized carbons (Fsp3) is 0.0556. The molecule has 25 heavy (non-hydrogen) atoms. The number of aromatic nitrogens is 2. The Morgan fingerprint density at radius 3 is 2.64 bits per heavy atom. The molecule has 0 aliphatic rings. The van der Waals surface area contributed by atoms with E-state index in [1.165, 1.54) is 6.07 Å². The highest BCUT2D eigenvalue weighted by Crippen LogP contribution is 2.33. The standard InChI is InChI=1S/C18H11Cl2N3O2/c19-13-3-2-12(10-21)16(9-13)25-17-8-11(1-5-15(17)20)7-14-4-6-18(24)23-22-14/h1-6,8-9H,7H2,(H,23,24). The summed E-state index contributed by atoms with van der Waals surface area (Å²) in [6, 6.07) is 15.2. The molecule has 3 aromatic rings. The van der Waals surface area contributed by atoms with E-state index in [1.54, 1.807) is 36.4 Å². The Hall–Kier alpha value is -2.81. The van der Waals surface area contributed by atoms with E-state index in [0.717, 1.165) is 5.56 Å². The zero-order chi connectivity index (χ0) is 17.8. The van der Waals surface area contributed by atoms with Gasteiger partial charge in [0, 0.05) is 23.6 Å². The van der Waals surface area contributed by atoms with Crippen LogP contribution in [0.3, 0.4) is 0 Å². The molecule has 0 spiro atoms. The molecule has 5 nitrogen and oxygen atoms in total. The number of hydrogen-bond donors (Lipinski definition) is 1. The molecule has 0 amide bonds. The van der Waals surface area contributed by atoms with Crippen LogP contribution in [0, 0.1) is 11.3 Å². The summed E-state index contributed by atoms with van der Waals surface area (Å²) in [5.41, 5.74) is 1.69. The molecule has 1 heterocycles. The molecule has 0 fully saturated rings. The maximum Gasteiger partial charge on any atom is 0.264 e. The normalized spacial score (nSPS) is 10.3. The predicted molar refractivity (Wildman–Crippen MR) is 95.4 cm³/mol. The van der Waals surface area contributed by atoms with Crippen LogP contribution in [0.5, 0.6) is 11.5 Å². The average Bonchev–Trinajstić information content (AvgIpc) is 2.60. The van der Waals surface area contributed by atoms with Crippen molar-refractivity contribution in [3.8, 4) is 17.6 Å². The van der Waals surface area contributed by atoms with Gasteiger partial charge in [0.05, 0.1) is 16.3 Å². The number of nitrogens with zero attached hydrogens (tertiary/aromatic N) is 2. The van der Waals surface area contributed by atoms with Crippen LogP contribution in [0.25, 0.3) is 0 Å². The van der Waals surface area contributed by atoms with Crippen LogP contribution >= 0.6 is 23.2 Å². The molecule has 124 valence electrons. The number of benzene rings is 2. The summed E-state index contributed by atoms with van der Waals surface area (Å²) >= 11 is 12.2. The van der Waals surface area contributed by atoms with Crippen LogP contribution in [0.4, 0.5) is 0 Å². The van der Waals surface area contributed by atoms with Gasteiger partial charge in [-0.15, -0.1) is 0 Å². The molecule has 0 saturated carbocycles. The van der Waals surface area contributed by atoms with E-state index in [-0.39, 0.29) is 5.56 Å². The predicted octanol–water partition coefficient (Wildman–Crippen LogP) is 4.33. The number of aromatic amines is 1. The summed E-state index contributed by atoms with van der Waals surface area (Å²) in [5, 5.41) is 16.4. The maximum atomic E-state index is 11.1. The monoisotopic (exact) mass is 371 g/mol. The van der Waals surface area contributed by atoms with E-state index >= 15 is 0 Å². The topological polar surface area (TPSA) is 78.8 Å². The van der Waals surface area contributed by atoms with Crippen LogP contribution in [0.1, 0.15) is 16.8 Å². The molecule has 0 saturated heterocycles. The number of ether oxygens (including phenoxy) is 1. The van der Waals surface area contributed by atoms with Gasteiger partial charge in [0.2, 0.25) is 0 Å². The number of rotatable bonds is 4. The number of H-pyrrole nitrogens is 1. The van der Waals surface area contributed by atoms with E-state index < -0.39 is 0 Å². The third-order valence-corrected chi connectivity index (χ3v) is 3.95. The minimum Gasteiger partial charge on any atom is -0.454 e. The molecule has 3 rings (SSSR count). The first kappa shape index (κ1) is 17.0. The van der Waals surface area contributed by atoms with Gasteiger partial charge in [0.25, 0.3) is 5.56 Å². The second-order valence-corrected chi connectivity index (χ2v) is 6.05. The van der Waals surface area contributed by atoms with E-state index in [2.05, 4.69) is 16.3 Å². The Morgan fingerprint density at radius 1 is 1.08 bits per heavy atom. The van der Waals surface area contributed by atoms with Crippen molar-refractivity contribution in [3.05, 3.63) is 85.8 Å². The van der Waals surface area contributed by atoms with Crippen molar-refractivity contribution in [1.29, 1.82) is 5.26 Å². The highest BCUT2D eigenvalue weighted by molar-refractivity contribution is 6.32. The summed E-state index contributed by atoms with van der Waals surface area (Å²) in [6.07, 6.45) is 0.491. The first-order valence-corrected chi connectivity index (χ1v) is 8.01. The Labute approximate surface area is 153 Å². The van der Waals surface area contributed by atoms with Crippen molar-refractivity contribution in [2.75, 3.05) is 0 Å².